The van der Waals surface area contributed by atoms with E-state index >= 15 is 0 Å². The minimum atomic E-state index is -3.51. The Balaban J connectivity index is 1.55. The summed E-state index contributed by atoms with van der Waals surface area (Å²) in [6, 6.07) is 11.7. The Labute approximate surface area is 172 Å². The molecule has 0 fully saturated rings. The van der Waals surface area contributed by atoms with Crippen molar-refractivity contribution in [2.24, 2.45) is 0 Å². The highest BCUT2D eigenvalue weighted by Gasteiger charge is 2.24. The maximum atomic E-state index is 12.2. The van der Waals surface area contributed by atoms with E-state index in [2.05, 4.69) is 20.0 Å². The van der Waals surface area contributed by atoms with Crippen molar-refractivity contribution in [2.45, 2.75) is 11.4 Å². The average Bonchev–Trinajstić information content (AvgIpc) is 3.21. The van der Waals surface area contributed by atoms with Gasteiger partial charge in [0.25, 0.3) is 10.9 Å². The van der Waals surface area contributed by atoms with Crippen molar-refractivity contribution in [2.75, 3.05) is 24.3 Å². The van der Waals surface area contributed by atoms with Gasteiger partial charge in [0.1, 0.15) is 11.4 Å². The van der Waals surface area contributed by atoms with E-state index in [0.29, 0.717) is 12.2 Å². The number of sulfonamides is 1. The summed E-state index contributed by atoms with van der Waals surface area (Å²) in [6.45, 7) is 0.332. The maximum Gasteiger partial charge on any atom is 0.253 e. The van der Waals surface area contributed by atoms with E-state index < -0.39 is 20.9 Å². The molecular weight excluding hydrogens is 406 g/mol. The molecule has 1 heterocycles. The third kappa shape index (κ3) is 3.46. The van der Waals surface area contributed by atoms with Gasteiger partial charge >= 0.3 is 0 Å². The summed E-state index contributed by atoms with van der Waals surface area (Å²) in [7, 11) is -0.458. The molecule has 0 atom stereocenters. The molecular formula is C20H19N5O4S. The smallest absolute Gasteiger partial charge is 0.253 e. The molecule has 4 rings (SSSR count). The van der Waals surface area contributed by atoms with Gasteiger partial charge < -0.3 is 15.2 Å². The number of benzene rings is 2. The first-order chi connectivity index (χ1) is 14.3. The topological polar surface area (TPSA) is 124 Å². The van der Waals surface area contributed by atoms with Gasteiger partial charge in [0.2, 0.25) is 10.0 Å². The van der Waals surface area contributed by atoms with E-state index in [0.717, 1.165) is 16.6 Å². The minimum absolute atomic E-state index is 0.155. The number of hydrogen-bond donors (Lipinski definition) is 3. The van der Waals surface area contributed by atoms with Crippen LogP contribution in [0, 0.1) is 0 Å². The van der Waals surface area contributed by atoms with Crippen LogP contribution in [0.3, 0.4) is 0 Å². The van der Waals surface area contributed by atoms with Crippen LogP contribution in [0.4, 0.5) is 17.1 Å². The Morgan fingerprint density at radius 3 is 2.50 bits per heavy atom. The molecule has 0 saturated heterocycles. The van der Waals surface area contributed by atoms with Gasteiger partial charge in [0, 0.05) is 19.3 Å². The van der Waals surface area contributed by atoms with E-state index in [-0.39, 0.29) is 16.3 Å². The number of fused-ring (bicyclic) bond motifs is 1. The van der Waals surface area contributed by atoms with Gasteiger partial charge in [0.05, 0.1) is 22.3 Å². The number of rotatable bonds is 7. The van der Waals surface area contributed by atoms with E-state index in [1.165, 1.54) is 19.2 Å². The fourth-order valence-corrected chi connectivity index (χ4v) is 3.99. The summed E-state index contributed by atoms with van der Waals surface area (Å²) >= 11 is 0. The summed E-state index contributed by atoms with van der Waals surface area (Å²) in [5.74, 6) is 0. The fourth-order valence-electron chi connectivity index (χ4n) is 3.26. The average molecular weight is 425 g/mol. The van der Waals surface area contributed by atoms with Gasteiger partial charge in [-0.05, 0) is 42.9 Å². The summed E-state index contributed by atoms with van der Waals surface area (Å²) in [5, 5.41) is 3.03. The summed E-state index contributed by atoms with van der Waals surface area (Å²) in [5.41, 5.74) is 2.46. The number of nitrogens with zero attached hydrogens (tertiary/aromatic N) is 2. The SMILES string of the molecule is CNS(=O)(=O)c1ccc(CN(C)c2c(Nc3ccc4nc[nH]c4c3)c(=O)c2=O)cc1. The molecule has 0 amide bonds. The van der Waals surface area contributed by atoms with Crippen molar-refractivity contribution in [1.82, 2.24) is 14.7 Å². The molecule has 0 bridgehead atoms. The highest BCUT2D eigenvalue weighted by Crippen LogP contribution is 2.26. The molecule has 9 nitrogen and oxygen atoms in total. The normalized spacial score (nSPS) is 11.8. The summed E-state index contributed by atoms with van der Waals surface area (Å²) in [4.78, 5) is 33.3. The molecule has 0 aliphatic carbocycles. The number of hydrogen-bond acceptors (Lipinski definition) is 7. The summed E-state index contributed by atoms with van der Waals surface area (Å²) < 4.78 is 25.9. The van der Waals surface area contributed by atoms with Crippen LogP contribution >= 0.6 is 0 Å². The number of H-pyrrole nitrogens is 1. The van der Waals surface area contributed by atoms with Crippen molar-refractivity contribution in [3.63, 3.8) is 0 Å². The number of anilines is 3. The van der Waals surface area contributed by atoms with E-state index in [4.69, 9.17) is 0 Å². The Morgan fingerprint density at radius 2 is 1.80 bits per heavy atom. The first-order valence-electron chi connectivity index (χ1n) is 9.07. The van der Waals surface area contributed by atoms with E-state index in [9.17, 15) is 18.0 Å². The monoisotopic (exact) mass is 425 g/mol. The molecule has 154 valence electrons. The van der Waals surface area contributed by atoms with Gasteiger partial charge in [-0.15, -0.1) is 0 Å². The van der Waals surface area contributed by atoms with Gasteiger partial charge in [-0.25, -0.2) is 18.1 Å². The molecule has 0 aliphatic rings. The van der Waals surface area contributed by atoms with Crippen LogP contribution < -0.4 is 25.8 Å². The van der Waals surface area contributed by atoms with Gasteiger partial charge in [-0.2, -0.15) is 0 Å². The second-order valence-corrected chi connectivity index (χ2v) is 8.74. The largest absolute Gasteiger partial charge is 0.365 e. The molecule has 0 spiro atoms. The molecule has 0 saturated carbocycles. The summed E-state index contributed by atoms with van der Waals surface area (Å²) in [6.07, 6.45) is 1.58. The standard InChI is InChI=1S/C20H19N5O4S/c1-21-30(28,29)14-6-3-12(4-7-14)10-25(2)18-17(19(26)20(18)27)24-13-5-8-15-16(9-13)23-11-22-15/h3-9,11,21,24H,10H2,1-2H3,(H,22,23). The van der Waals surface area contributed by atoms with E-state index in [1.807, 2.05) is 12.1 Å². The molecule has 30 heavy (non-hydrogen) atoms. The zero-order chi connectivity index (χ0) is 21.5. The first kappa shape index (κ1) is 19.8. The van der Waals surface area contributed by atoms with Crippen LogP contribution in [0.5, 0.6) is 0 Å². The van der Waals surface area contributed by atoms with Crippen molar-refractivity contribution < 1.29 is 8.42 Å². The zero-order valence-corrected chi connectivity index (χ0v) is 17.1. The zero-order valence-electron chi connectivity index (χ0n) is 16.3. The molecule has 10 heteroatoms. The number of aromatic amines is 1. The van der Waals surface area contributed by atoms with Crippen molar-refractivity contribution >= 4 is 38.1 Å². The van der Waals surface area contributed by atoms with Crippen molar-refractivity contribution in [3.05, 3.63) is 74.8 Å². The van der Waals surface area contributed by atoms with E-state index in [1.54, 1.807) is 36.5 Å². The fraction of sp³-hybridized carbons (Fsp3) is 0.150. The Hall–Kier alpha value is -3.50. The molecule has 0 aliphatic heterocycles. The van der Waals surface area contributed by atoms with Crippen LogP contribution in [-0.2, 0) is 16.6 Å². The lowest BCUT2D eigenvalue weighted by Gasteiger charge is -2.24. The lowest BCUT2D eigenvalue weighted by atomic mass is 10.1. The van der Waals surface area contributed by atoms with Gasteiger partial charge in [-0.3, -0.25) is 9.59 Å². The third-order valence-electron chi connectivity index (χ3n) is 4.88. The highest BCUT2D eigenvalue weighted by molar-refractivity contribution is 7.89. The van der Waals surface area contributed by atoms with Crippen LogP contribution in [0.25, 0.3) is 11.0 Å². The Kier molecular flexibility index (Phi) is 4.88. The Morgan fingerprint density at radius 1 is 1.07 bits per heavy atom. The molecule has 0 radical (unpaired) electrons. The van der Waals surface area contributed by atoms with Gasteiger partial charge in [0.15, 0.2) is 0 Å². The molecule has 1 aromatic heterocycles. The Bertz CT molecular complexity index is 1400. The second-order valence-electron chi connectivity index (χ2n) is 6.85. The van der Waals surface area contributed by atoms with Crippen molar-refractivity contribution in [1.29, 1.82) is 0 Å². The quantitative estimate of drug-likeness (QED) is 0.383. The third-order valence-corrected chi connectivity index (χ3v) is 6.31. The van der Waals surface area contributed by atoms with Crippen LogP contribution in [0.2, 0.25) is 0 Å². The maximum absolute atomic E-state index is 12.2. The van der Waals surface area contributed by atoms with Crippen LogP contribution in [0.15, 0.2) is 63.3 Å². The lowest BCUT2D eigenvalue weighted by molar-refractivity contribution is 0.588. The molecule has 3 aromatic carbocycles. The predicted molar refractivity (Wildman–Crippen MR) is 116 cm³/mol. The van der Waals surface area contributed by atoms with Crippen LogP contribution in [-0.4, -0.2) is 32.5 Å². The predicted octanol–water partition coefficient (Wildman–Crippen LogP) is 1.45. The van der Waals surface area contributed by atoms with Crippen molar-refractivity contribution in [3.8, 4) is 0 Å². The molecule has 3 N–H and O–H groups in total. The first-order valence-corrected chi connectivity index (χ1v) is 10.6. The lowest BCUT2D eigenvalue weighted by Crippen LogP contribution is -2.40. The van der Waals surface area contributed by atoms with Gasteiger partial charge in [-0.1, -0.05) is 12.1 Å². The minimum Gasteiger partial charge on any atom is -0.365 e. The molecule has 0 unspecified atom stereocenters. The highest BCUT2D eigenvalue weighted by atomic mass is 32.2. The van der Waals surface area contributed by atoms with Crippen LogP contribution in [0.1, 0.15) is 5.56 Å². The number of aromatic nitrogens is 2. The number of imidazole rings is 1. The second kappa shape index (κ2) is 7.39. The number of nitrogens with one attached hydrogen (secondary N) is 3. The molecule has 4 aromatic rings.